The molecule has 7 heteroatoms. The number of hydrogen-bond acceptors (Lipinski definition) is 5. The molecular weight excluding hydrogens is 264 g/mol. The minimum absolute atomic E-state index is 0.00245. The van der Waals surface area contributed by atoms with Gasteiger partial charge in [-0.1, -0.05) is 13.8 Å². The van der Waals surface area contributed by atoms with Crippen LogP contribution in [0.25, 0.3) is 0 Å². The van der Waals surface area contributed by atoms with Gasteiger partial charge in [0.25, 0.3) is 5.69 Å². The fourth-order valence-electron chi connectivity index (χ4n) is 1.73. The predicted molar refractivity (Wildman–Crippen MR) is 74.2 cm³/mol. The molecule has 20 heavy (non-hydrogen) atoms. The Bertz CT molecular complexity index is 502. The molecule has 1 rings (SSSR count). The van der Waals surface area contributed by atoms with Gasteiger partial charge in [0.2, 0.25) is 0 Å². The number of carbonyl (C=O) groups is 1. The zero-order valence-corrected chi connectivity index (χ0v) is 11.6. The maximum Gasteiger partial charge on any atom is 0.337 e. The van der Waals surface area contributed by atoms with Crippen molar-refractivity contribution in [3.05, 3.63) is 33.9 Å². The number of nitro groups is 1. The molecule has 0 fully saturated rings. The van der Waals surface area contributed by atoms with E-state index in [0.29, 0.717) is 6.61 Å². The summed E-state index contributed by atoms with van der Waals surface area (Å²) >= 11 is 0. The monoisotopic (exact) mass is 282 g/mol. The van der Waals surface area contributed by atoms with Crippen molar-refractivity contribution in [3.63, 3.8) is 0 Å². The lowest BCUT2D eigenvalue weighted by molar-refractivity contribution is -0.384. The number of non-ortho nitro benzene ring substituents is 1. The van der Waals surface area contributed by atoms with Crippen LogP contribution in [0.3, 0.4) is 0 Å². The lowest BCUT2D eigenvalue weighted by atomic mass is 10.0. The molecule has 1 aromatic rings. The number of anilines is 1. The molecule has 110 valence electrons. The standard InChI is InChI=1S/C13H18N2O5/c1-8(2)12(7-20-3)14-11-6-9(15(18)19)4-5-10(11)13(16)17/h4-6,8,12,14H,7H2,1-3H3,(H,16,17). The highest BCUT2D eigenvalue weighted by molar-refractivity contribution is 5.94. The normalized spacial score (nSPS) is 12.2. The Morgan fingerprint density at radius 1 is 1.50 bits per heavy atom. The van der Waals surface area contributed by atoms with Crippen LogP contribution < -0.4 is 5.32 Å². The Balaban J connectivity index is 3.14. The van der Waals surface area contributed by atoms with Gasteiger partial charge in [-0.2, -0.15) is 0 Å². The van der Waals surface area contributed by atoms with Gasteiger partial charge < -0.3 is 15.2 Å². The van der Waals surface area contributed by atoms with E-state index in [2.05, 4.69) is 5.32 Å². The first-order chi connectivity index (χ1) is 9.36. The van der Waals surface area contributed by atoms with Gasteiger partial charge in [-0.3, -0.25) is 10.1 Å². The van der Waals surface area contributed by atoms with E-state index >= 15 is 0 Å². The third-order valence-electron chi connectivity index (χ3n) is 2.94. The van der Waals surface area contributed by atoms with Gasteiger partial charge in [0.05, 0.1) is 28.8 Å². The molecule has 0 aliphatic heterocycles. The summed E-state index contributed by atoms with van der Waals surface area (Å²) in [6, 6.07) is 3.50. The molecule has 0 aliphatic rings. The summed E-state index contributed by atoms with van der Waals surface area (Å²) in [5.74, 6) is -0.960. The molecule has 1 atom stereocenters. The number of benzene rings is 1. The third-order valence-corrected chi connectivity index (χ3v) is 2.94. The summed E-state index contributed by atoms with van der Waals surface area (Å²) in [7, 11) is 1.54. The average molecular weight is 282 g/mol. The number of nitrogens with zero attached hydrogens (tertiary/aromatic N) is 1. The topological polar surface area (TPSA) is 102 Å². The van der Waals surface area contributed by atoms with Crippen LogP contribution in [0.15, 0.2) is 18.2 Å². The van der Waals surface area contributed by atoms with Crippen molar-refractivity contribution in [2.75, 3.05) is 19.0 Å². The second-order valence-corrected chi connectivity index (χ2v) is 4.74. The average Bonchev–Trinajstić information content (AvgIpc) is 2.37. The SMILES string of the molecule is COCC(Nc1cc([N+](=O)[O-])ccc1C(=O)O)C(C)C. The molecule has 0 saturated heterocycles. The largest absolute Gasteiger partial charge is 0.478 e. The molecule has 0 aromatic heterocycles. The molecule has 1 aromatic carbocycles. The Hall–Kier alpha value is -2.15. The van der Waals surface area contributed by atoms with E-state index in [1.807, 2.05) is 13.8 Å². The second-order valence-electron chi connectivity index (χ2n) is 4.74. The second kappa shape index (κ2) is 6.85. The molecule has 0 saturated carbocycles. The summed E-state index contributed by atoms with van der Waals surface area (Å²) in [5.41, 5.74) is 0.0669. The first-order valence-electron chi connectivity index (χ1n) is 6.14. The van der Waals surface area contributed by atoms with Crippen molar-refractivity contribution in [2.45, 2.75) is 19.9 Å². The van der Waals surface area contributed by atoms with Gasteiger partial charge in [-0.15, -0.1) is 0 Å². The van der Waals surface area contributed by atoms with Crippen molar-refractivity contribution < 1.29 is 19.6 Å². The number of nitrogens with one attached hydrogen (secondary N) is 1. The molecule has 2 N–H and O–H groups in total. The maximum atomic E-state index is 11.2. The third kappa shape index (κ3) is 3.92. The van der Waals surface area contributed by atoms with Crippen LogP contribution in [0.1, 0.15) is 24.2 Å². The lowest BCUT2D eigenvalue weighted by Crippen LogP contribution is -2.31. The van der Waals surface area contributed by atoms with Crippen LogP contribution in [-0.2, 0) is 4.74 Å². The Morgan fingerprint density at radius 3 is 2.60 bits per heavy atom. The highest BCUT2D eigenvalue weighted by atomic mass is 16.6. The van der Waals surface area contributed by atoms with Crippen LogP contribution in [-0.4, -0.2) is 35.8 Å². The molecular formula is C13H18N2O5. The highest BCUT2D eigenvalue weighted by Crippen LogP contribution is 2.24. The zero-order chi connectivity index (χ0) is 15.3. The van der Waals surface area contributed by atoms with Gasteiger partial charge in [0.1, 0.15) is 0 Å². The minimum atomic E-state index is -1.14. The van der Waals surface area contributed by atoms with Crippen molar-refractivity contribution >= 4 is 17.3 Å². The summed E-state index contributed by atoms with van der Waals surface area (Å²) in [4.78, 5) is 21.4. The van der Waals surface area contributed by atoms with E-state index in [9.17, 15) is 14.9 Å². The van der Waals surface area contributed by atoms with E-state index in [1.165, 1.54) is 18.2 Å². The fourth-order valence-corrected chi connectivity index (χ4v) is 1.73. The molecule has 0 aliphatic carbocycles. The first-order valence-corrected chi connectivity index (χ1v) is 6.14. The molecule has 0 amide bonds. The molecule has 0 spiro atoms. The van der Waals surface area contributed by atoms with E-state index in [1.54, 1.807) is 7.11 Å². The number of rotatable bonds is 7. The van der Waals surface area contributed by atoms with Crippen molar-refractivity contribution in [2.24, 2.45) is 5.92 Å². The van der Waals surface area contributed by atoms with Crippen LogP contribution in [0, 0.1) is 16.0 Å². The summed E-state index contributed by atoms with van der Waals surface area (Å²) in [6.07, 6.45) is 0. The Kier molecular flexibility index (Phi) is 5.45. The van der Waals surface area contributed by atoms with Crippen LogP contribution in [0.2, 0.25) is 0 Å². The van der Waals surface area contributed by atoms with Gasteiger partial charge in [0.15, 0.2) is 0 Å². The number of methoxy groups -OCH3 is 1. The van der Waals surface area contributed by atoms with Crippen LogP contribution >= 0.6 is 0 Å². The first kappa shape index (κ1) is 15.9. The minimum Gasteiger partial charge on any atom is -0.478 e. The van der Waals surface area contributed by atoms with Crippen LogP contribution in [0.5, 0.6) is 0 Å². The van der Waals surface area contributed by atoms with Crippen LogP contribution in [0.4, 0.5) is 11.4 Å². The van der Waals surface area contributed by atoms with Crippen molar-refractivity contribution in [1.29, 1.82) is 0 Å². The molecule has 7 nitrogen and oxygen atoms in total. The van der Waals surface area contributed by atoms with Gasteiger partial charge in [-0.25, -0.2) is 4.79 Å². The number of nitro benzene ring substituents is 1. The Morgan fingerprint density at radius 2 is 2.15 bits per heavy atom. The van der Waals surface area contributed by atoms with E-state index in [0.717, 1.165) is 0 Å². The van der Waals surface area contributed by atoms with Gasteiger partial charge in [0, 0.05) is 19.2 Å². The highest BCUT2D eigenvalue weighted by Gasteiger charge is 2.20. The molecule has 0 heterocycles. The molecule has 1 unspecified atom stereocenters. The smallest absolute Gasteiger partial charge is 0.337 e. The number of carboxylic acid groups (broad SMARTS) is 1. The van der Waals surface area contributed by atoms with Gasteiger partial charge >= 0.3 is 5.97 Å². The maximum absolute atomic E-state index is 11.2. The lowest BCUT2D eigenvalue weighted by Gasteiger charge is -2.23. The number of ether oxygens (including phenoxy) is 1. The number of aromatic carboxylic acids is 1. The summed E-state index contributed by atoms with van der Waals surface area (Å²) in [5, 5.41) is 22.9. The number of hydrogen-bond donors (Lipinski definition) is 2. The van der Waals surface area contributed by atoms with E-state index < -0.39 is 10.9 Å². The predicted octanol–water partition coefficient (Wildman–Crippen LogP) is 2.38. The molecule has 0 bridgehead atoms. The van der Waals surface area contributed by atoms with E-state index in [4.69, 9.17) is 9.84 Å². The fraction of sp³-hybridized carbons (Fsp3) is 0.462. The van der Waals surface area contributed by atoms with Crippen molar-refractivity contribution in [3.8, 4) is 0 Å². The molecule has 0 radical (unpaired) electrons. The van der Waals surface area contributed by atoms with E-state index in [-0.39, 0.29) is 28.9 Å². The number of carboxylic acids is 1. The van der Waals surface area contributed by atoms with Gasteiger partial charge in [-0.05, 0) is 12.0 Å². The van der Waals surface area contributed by atoms with Crippen molar-refractivity contribution in [1.82, 2.24) is 0 Å². The Labute approximate surface area is 116 Å². The summed E-state index contributed by atoms with van der Waals surface area (Å²) < 4.78 is 5.07. The summed E-state index contributed by atoms with van der Waals surface area (Å²) in [6.45, 7) is 4.28. The zero-order valence-electron chi connectivity index (χ0n) is 11.6. The quantitative estimate of drug-likeness (QED) is 0.588.